The van der Waals surface area contributed by atoms with Crippen LogP contribution in [0.25, 0.3) is 0 Å². The molecule has 27 heavy (non-hydrogen) atoms. The van der Waals surface area contributed by atoms with Gasteiger partial charge in [0.25, 0.3) is 5.91 Å². The molecule has 1 aliphatic heterocycles. The van der Waals surface area contributed by atoms with Crippen LogP contribution in [-0.2, 0) is 9.53 Å². The molecule has 0 aromatic carbocycles. The van der Waals surface area contributed by atoms with E-state index in [4.69, 9.17) is 9.15 Å². The van der Waals surface area contributed by atoms with Crippen LogP contribution in [0.4, 0.5) is 0 Å². The summed E-state index contributed by atoms with van der Waals surface area (Å²) >= 11 is 1.41. The number of nitrogens with one attached hydrogen (secondary N) is 2. The van der Waals surface area contributed by atoms with Crippen molar-refractivity contribution in [2.24, 2.45) is 0 Å². The first-order valence-electron chi connectivity index (χ1n) is 9.02. The van der Waals surface area contributed by atoms with Gasteiger partial charge >= 0.3 is 0 Å². The maximum atomic E-state index is 12.2. The maximum absolute atomic E-state index is 12.2. The van der Waals surface area contributed by atoms with Crippen molar-refractivity contribution in [3.63, 3.8) is 0 Å². The molecule has 7 nitrogen and oxygen atoms in total. The molecule has 2 N–H and O–H groups in total. The molecule has 1 fully saturated rings. The summed E-state index contributed by atoms with van der Waals surface area (Å²) in [7, 11) is 0. The van der Waals surface area contributed by atoms with Crippen molar-refractivity contribution in [2.45, 2.75) is 19.9 Å². The van der Waals surface area contributed by atoms with E-state index in [1.54, 1.807) is 6.07 Å². The molecule has 1 aliphatic rings. The topological polar surface area (TPSA) is 83.8 Å². The average molecular weight is 391 g/mol. The number of thiophene rings is 1. The number of carbonyl (C=O) groups excluding carboxylic acids is 2. The van der Waals surface area contributed by atoms with Crippen molar-refractivity contribution in [1.82, 2.24) is 15.5 Å². The minimum atomic E-state index is -0.227. The van der Waals surface area contributed by atoms with Crippen LogP contribution in [0.3, 0.4) is 0 Å². The van der Waals surface area contributed by atoms with Crippen LogP contribution in [0, 0.1) is 13.8 Å². The van der Waals surface area contributed by atoms with Crippen molar-refractivity contribution in [2.75, 3.05) is 39.4 Å². The molecule has 8 heteroatoms. The molecule has 3 rings (SSSR count). The summed E-state index contributed by atoms with van der Waals surface area (Å²) < 4.78 is 11.2. The lowest BCUT2D eigenvalue weighted by Gasteiger charge is -2.33. The zero-order chi connectivity index (χ0) is 19.2. The average Bonchev–Trinajstić information content (AvgIpc) is 3.29. The fraction of sp³-hybridized carbons (Fsp3) is 0.474. The molecule has 2 aromatic rings. The van der Waals surface area contributed by atoms with Crippen LogP contribution in [0.5, 0.6) is 0 Å². The molecule has 2 aromatic heterocycles. The van der Waals surface area contributed by atoms with E-state index in [2.05, 4.69) is 15.5 Å². The third-order valence-corrected chi connectivity index (χ3v) is 5.44. The van der Waals surface area contributed by atoms with Gasteiger partial charge in [-0.25, -0.2) is 0 Å². The van der Waals surface area contributed by atoms with Gasteiger partial charge in [0, 0.05) is 24.5 Å². The fourth-order valence-corrected chi connectivity index (χ4v) is 3.79. The van der Waals surface area contributed by atoms with Crippen LogP contribution < -0.4 is 10.6 Å². The number of aryl methyl sites for hydroxylation is 2. The first-order chi connectivity index (χ1) is 13.0. The Morgan fingerprint density at radius 1 is 1.15 bits per heavy atom. The highest BCUT2D eigenvalue weighted by molar-refractivity contribution is 7.13. The number of hydrogen-bond donors (Lipinski definition) is 2. The quantitative estimate of drug-likeness (QED) is 0.753. The number of ether oxygens (including phenoxy) is 1. The normalized spacial score (nSPS) is 16.1. The van der Waals surface area contributed by atoms with E-state index >= 15 is 0 Å². The Morgan fingerprint density at radius 3 is 2.56 bits per heavy atom. The van der Waals surface area contributed by atoms with Gasteiger partial charge in [-0.3, -0.25) is 14.5 Å². The van der Waals surface area contributed by atoms with Gasteiger partial charge in [-0.1, -0.05) is 0 Å². The second-order valence-electron chi connectivity index (χ2n) is 6.51. The van der Waals surface area contributed by atoms with E-state index in [0.717, 1.165) is 29.5 Å². The van der Waals surface area contributed by atoms with Gasteiger partial charge in [-0.2, -0.15) is 0 Å². The first-order valence-corrected chi connectivity index (χ1v) is 9.84. The number of rotatable bonds is 7. The summed E-state index contributed by atoms with van der Waals surface area (Å²) in [6, 6.07) is 7.47. The van der Waals surface area contributed by atoms with Gasteiger partial charge in [0.1, 0.15) is 11.5 Å². The molecular formula is C19H25N3O4S. The Labute approximate surface area is 162 Å². The van der Waals surface area contributed by atoms with Crippen LogP contribution >= 0.6 is 11.3 Å². The predicted molar refractivity (Wildman–Crippen MR) is 103 cm³/mol. The lowest BCUT2D eigenvalue weighted by atomic mass is 10.1. The largest absolute Gasteiger partial charge is 0.465 e. The van der Waals surface area contributed by atoms with Crippen LogP contribution in [0.2, 0.25) is 0 Å². The van der Waals surface area contributed by atoms with Gasteiger partial charge in [0.15, 0.2) is 0 Å². The highest BCUT2D eigenvalue weighted by atomic mass is 32.1. The lowest BCUT2D eigenvalue weighted by Crippen LogP contribution is -2.45. The van der Waals surface area contributed by atoms with E-state index < -0.39 is 0 Å². The van der Waals surface area contributed by atoms with Gasteiger partial charge < -0.3 is 19.8 Å². The predicted octanol–water partition coefficient (Wildman–Crippen LogP) is 1.88. The Kier molecular flexibility index (Phi) is 6.65. The molecule has 2 amide bonds. The molecule has 0 aliphatic carbocycles. The van der Waals surface area contributed by atoms with Crippen LogP contribution in [0.15, 0.2) is 28.7 Å². The molecule has 1 saturated heterocycles. The van der Waals surface area contributed by atoms with Gasteiger partial charge in [-0.15, -0.1) is 11.3 Å². The minimum absolute atomic E-state index is 0.0528. The maximum Gasteiger partial charge on any atom is 0.261 e. The second kappa shape index (κ2) is 9.16. The third kappa shape index (κ3) is 5.41. The van der Waals surface area contributed by atoms with Crippen LogP contribution in [-0.4, -0.2) is 56.1 Å². The van der Waals surface area contributed by atoms with E-state index in [9.17, 15) is 9.59 Å². The Morgan fingerprint density at radius 2 is 1.93 bits per heavy atom. The number of carbonyl (C=O) groups is 2. The van der Waals surface area contributed by atoms with Crippen molar-refractivity contribution in [3.05, 3.63) is 45.5 Å². The van der Waals surface area contributed by atoms with E-state index in [0.29, 0.717) is 24.6 Å². The SMILES string of the molecule is Cc1ccc(C(CNC(=O)CNC(=O)c2ccc(C)s2)N2CCOCC2)o1. The molecule has 1 atom stereocenters. The monoisotopic (exact) mass is 391 g/mol. The molecule has 3 heterocycles. The Hall–Kier alpha value is -2.16. The molecule has 1 unspecified atom stereocenters. The molecule has 146 valence electrons. The summed E-state index contributed by atoms with van der Waals surface area (Å²) in [4.78, 5) is 28.2. The Balaban J connectivity index is 1.53. The second-order valence-corrected chi connectivity index (χ2v) is 7.80. The smallest absolute Gasteiger partial charge is 0.261 e. The van der Waals surface area contributed by atoms with E-state index in [1.165, 1.54) is 11.3 Å². The van der Waals surface area contributed by atoms with Crippen LogP contribution in [0.1, 0.15) is 32.1 Å². The minimum Gasteiger partial charge on any atom is -0.465 e. The van der Waals surface area contributed by atoms with Gasteiger partial charge in [-0.05, 0) is 38.1 Å². The van der Waals surface area contributed by atoms with E-state index in [1.807, 2.05) is 32.0 Å². The molecular weight excluding hydrogens is 366 g/mol. The summed E-state index contributed by atoms with van der Waals surface area (Å²) in [6.07, 6.45) is 0. The molecule has 0 spiro atoms. The van der Waals surface area contributed by atoms with E-state index in [-0.39, 0.29) is 24.4 Å². The molecule has 0 saturated carbocycles. The number of amides is 2. The molecule has 0 radical (unpaired) electrons. The first kappa shape index (κ1) is 19.6. The zero-order valence-electron chi connectivity index (χ0n) is 15.6. The zero-order valence-corrected chi connectivity index (χ0v) is 16.4. The third-order valence-electron chi connectivity index (χ3n) is 4.44. The fourth-order valence-electron chi connectivity index (χ4n) is 3.01. The van der Waals surface area contributed by atoms with Crippen molar-refractivity contribution in [1.29, 1.82) is 0 Å². The van der Waals surface area contributed by atoms with Gasteiger partial charge in [0.05, 0.1) is 30.7 Å². The van der Waals surface area contributed by atoms with Gasteiger partial charge in [0.2, 0.25) is 5.91 Å². The summed E-state index contributed by atoms with van der Waals surface area (Å²) in [6.45, 7) is 7.11. The standard InChI is InChI=1S/C19H25N3O4S/c1-13-3-5-16(26-13)15(22-7-9-25-10-8-22)11-20-18(23)12-21-19(24)17-6-4-14(2)27-17/h3-6,15H,7-12H2,1-2H3,(H,20,23)(H,21,24). The summed E-state index contributed by atoms with van der Waals surface area (Å²) in [5, 5.41) is 5.57. The highest BCUT2D eigenvalue weighted by Crippen LogP contribution is 2.23. The van der Waals surface area contributed by atoms with Crippen molar-refractivity contribution < 1.29 is 18.7 Å². The summed E-state index contributed by atoms with van der Waals surface area (Å²) in [5.41, 5.74) is 0. The molecule has 0 bridgehead atoms. The van der Waals surface area contributed by atoms with Crippen molar-refractivity contribution >= 4 is 23.2 Å². The van der Waals surface area contributed by atoms with Crippen molar-refractivity contribution in [3.8, 4) is 0 Å². The number of morpholine rings is 1. The lowest BCUT2D eigenvalue weighted by molar-refractivity contribution is -0.120. The Bertz CT molecular complexity index is 780. The number of nitrogens with zero attached hydrogens (tertiary/aromatic N) is 1. The number of furan rings is 1. The summed E-state index contributed by atoms with van der Waals surface area (Å²) in [5.74, 6) is 1.22. The highest BCUT2D eigenvalue weighted by Gasteiger charge is 2.25. The number of hydrogen-bond acceptors (Lipinski definition) is 6.